The standard InChI is InChI=1S/C22H26N4O2/c1-16-20(26-13-5-11-23-22(26)24-16)21(27)25-12-4-7-18(15-25)10-9-17-6-3-8-19(14-17)28-2/h3,5-6,8,11,13-14,18H,4,7,9-10,12,15H2,1-2H3/t18-/m1/s1. The number of hydrogen-bond donors (Lipinski definition) is 0. The molecule has 0 radical (unpaired) electrons. The second-order valence-corrected chi connectivity index (χ2v) is 7.49. The molecule has 0 aliphatic carbocycles. The van der Waals surface area contributed by atoms with E-state index < -0.39 is 0 Å². The minimum Gasteiger partial charge on any atom is -0.497 e. The quantitative estimate of drug-likeness (QED) is 0.681. The van der Waals surface area contributed by atoms with Crippen LogP contribution < -0.4 is 4.74 Å². The summed E-state index contributed by atoms with van der Waals surface area (Å²) in [6.45, 7) is 3.49. The smallest absolute Gasteiger partial charge is 0.272 e. The second-order valence-electron chi connectivity index (χ2n) is 7.49. The highest BCUT2D eigenvalue weighted by Crippen LogP contribution is 2.25. The van der Waals surface area contributed by atoms with Crippen LogP contribution in [0, 0.1) is 12.8 Å². The van der Waals surface area contributed by atoms with Crippen LogP contribution in [0.25, 0.3) is 5.78 Å². The lowest BCUT2D eigenvalue weighted by molar-refractivity contribution is 0.0660. The number of fused-ring (bicyclic) bond motifs is 1. The summed E-state index contributed by atoms with van der Waals surface area (Å²) < 4.78 is 7.12. The number of imidazole rings is 1. The molecule has 0 bridgehead atoms. The molecule has 2 aromatic heterocycles. The van der Waals surface area contributed by atoms with Gasteiger partial charge in [-0.05, 0) is 62.3 Å². The molecule has 1 aliphatic rings. The van der Waals surface area contributed by atoms with E-state index in [0.29, 0.717) is 17.4 Å². The predicted molar refractivity (Wildman–Crippen MR) is 108 cm³/mol. The fraction of sp³-hybridized carbons (Fsp3) is 0.409. The van der Waals surface area contributed by atoms with Crippen LogP contribution in [0.5, 0.6) is 5.75 Å². The molecule has 1 amide bonds. The van der Waals surface area contributed by atoms with Gasteiger partial charge in [0.1, 0.15) is 11.4 Å². The van der Waals surface area contributed by atoms with E-state index in [1.54, 1.807) is 17.7 Å². The van der Waals surface area contributed by atoms with E-state index in [0.717, 1.165) is 43.8 Å². The number of methoxy groups -OCH3 is 1. The third-order valence-corrected chi connectivity index (χ3v) is 5.56. The average molecular weight is 378 g/mol. The lowest BCUT2D eigenvalue weighted by Crippen LogP contribution is -2.40. The molecule has 1 atom stereocenters. The zero-order valence-corrected chi connectivity index (χ0v) is 16.5. The molecule has 28 heavy (non-hydrogen) atoms. The summed E-state index contributed by atoms with van der Waals surface area (Å²) >= 11 is 0. The SMILES string of the molecule is COc1cccc(CC[C@H]2CCCN(C(=O)c3c(C)nc4ncccn34)C2)c1. The van der Waals surface area contributed by atoms with Crippen molar-refractivity contribution in [2.24, 2.45) is 5.92 Å². The zero-order chi connectivity index (χ0) is 19.5. The highest BCUT2D eigenvalue weighted by molar-refractivity contribution is 5.94. The third-order valence-electron chi connectivity index (χ3n) is 5.56. The number of aromatic nitrogens is 3. The number of ether oxygens (including phenoxy) is 1. The first-order valence-corrected chi connectivity index (χ1v) is 9.87. The number of amides is 1. The van der Waals surface area contributed by atoms with E-state index in [4.69, 9.17) is 4.74 Å². The summed E-state index contributed by atoms with van der Waals surface area (Å²) in [7, 11) is 1.70. The lowest BCUT2D eigenvalue weighted by Gasteiger charge is -2.33. The Balaban J connectivity index is 1.44. The van der Waals surface area contributed by atoms with Crippen molar-refractivity contribution >= 4 is 11.7 Å². The monoisotopic (exact) mass is 378 g/mol. The topological polar surface area (TPSA) is 59.7 Å². The molecular weight excluding hydrogens is 352 g/mol. The van der Waals surface area contributed by atoms with Gasteiger partial charge in [0.2, 0.25) is 5.78 Å². The summed E-state index contributed by atoms with van der Waals surface area (Å²) in [5, 5.41) is 0. The van der Waals surface area contributed by atoms with E-state index in [-0.39, 0.29) is 5.91 Å². The van der Waals surface area contributed by atoms with Gasteiger partial charge in [-0.1, -0.05) is 12.1 Å². The van der Waals surface area contributed by atoms with Gasteiger partial charge in [-0.2, -0.15) is 0 Å². The van der Waals surface area contributed by atoms with Gasteiger partial charge in [-0.3, -0.25) is 9.20 Å². The van der Waals surface area contributed by atoms with Crippen molar-refractivity contribution in [3.05, 3.63) is 59.7 Å². The van der Waals surface area contributed by atoms with Gasteiger partial charge in [-0.25, -0.2) is 9.97 Å². The zero-order valence-electron chi connectivity index (χ0n) is 16.5. The molecule has 1 fully saturated rings. The summed E-state index contributed by atoms with van der Waals surface area (Å²) in [4.78, 5) is 23.9. The predicted octanol–water partition coefficient (Wildman–Crippen LogP) is 3.53. The summed E-state index contributed by atoms with van der Waals surface area (Å²) in [6.07, 6.45) is 7.85. The minimum absolute atomic E-state index is 0.0593. The molecule has 0 unspecified atom stereocenters. The van der Waals surface area contributed by atoms with Gasteiger partial charge in [0.25, 0.3) is 5.91 Å². The minimum atomic E-state index is 0.0593. The molecule has 3 aromatic rings. The van der Waals surface area contributed by atoms with E-state index in [9.17, 15) is 4.79 Å². The Kier molecular flexibility index (Phi) is 5.28. The van der Waals surface area contributed by atoms with Crippen LogP contribution in [0.1, 0.15) is 41.0 Å². The number of likely N-dealkylation sites (tertiary alicyclic amines) is 1. The Morgan fingerprint density at radius 3 is 3.07 bits per heavy atom. The van der Waals surface area contributed by atoms with Crippen molar-refractivity contribution in [1.82, 2.24) is 19.3 Å². The molecule has 0 N–H and O–H groups in total. The Morgan fingerprint density at radius 2 is 2.21 bits per heavy atom. The normalized spacial score (nSPS) is 17.1. The number of benzene rings is 1. The van der Waals surface area contributed by atoms with Crippen LogP contribution in [-0.4, -0.2) is 45.4 Å². The number of rotatable bonds is 5. The van der Waals surface area contributed by atoms with Crippen molar-refractivity contribution in [3.63, 3.8) is 0 Å². The molecule has 1 saturated heterocycles. The first-order valence-electron chi connectivity index (χ1n) is 9.87. The van der Waals surface area contributed by atoms with E-state index in [2.05, 4.69) is 22.1 Å². The van der Waals surface area contributed by atoms with Crippen LogP contribution in [-0.2, 0) is 6.42 Å². The van der Waals surface area contributed by atoms with Gasteiger partial charge in [0.15, 0.2) is 0 Å². The summed E-state index contributed by atoms with van der Waals surface area (Å²) in [5.41, 5.74) is 2.66. The first-order chi connectivity index (χ1) is 13.7. The maximum Gasteiger partial charge on any atom is 0.272 e. The van der Waals surface area contributed by atoms with Crippen molar-refractivity contribution in [3.8, 4) is 5.75 Å². The van der Waals surface area contributed by atoms with Crippen molar-refractivity contribution in [1.29, 1.82) is 0 Å². The van der Waals surface area contributed by atoms with Crippen LogP contribution in [0.3, 0.4) is 0 Å². The Morgan fingerprint density at radius 1 is 1.32 bits per heavy atom. The van der Waals surface area contributed by atoms with Crippen LogP contribution in [0.15, 0.2) is 42.7 Å². The number of carbonyl (C=O) groups excluding carboxylic acids is 1. The molecule has 3 heterocycles. The molecule has 1 aliphatic heterocycles. The van der Waals surface area contributed by atoms with Crippen molar-refractivity contribution in [2.75, 3.05) is 20.2 Å². The molecule has 0 saturated carbocycles. The molecule has 6 heteroatoms. The second kappa shape index (κ2) is 8.00. The molecule has 1 aromatic carbocycles. The highest BCUT2D eigenvalue weighted by Gasteiger charge is 2.27. The Hall–Kier alpha value is -2.89. The van der Waals surface area contributed by atoms with Crippen molar-refractivity contribution in [2.45, 2.75) is 32.6 Å². The largest absolute Gasteiger partial charge is 0.497 e. The Labute approximate surface area is 165 Å². The van der Waals surface area contributed by atoms with Crippen molar-refractivity contribution < 1.29 is 9.53 Å². The summed E-state index contributed by atoms with van der Waals surface area (Å²) in [6, 6.07) is 10.1. The molecule has 0 spiro atoms. The van der Waals surface area contributed by atoms with Gasteiger partial charge in [0.05, 0.1) is 12.8 Å². The number of aryl methyl sites for hydroxylation is 2. The van der Waals surface area contributed by atoms with Gasteiger partial charge in [0, 0.05) is 25.5 Å². The molecule has 6 nitrogen and oxygen atoms in total. The third kappa shape index (κ3) is 3.72. The molecule has 146 valence electrons. The average Bonchev–Trinajstić information content (AvgIpc) is 3.07. The van der Waals surface area contributed by atoms with Crippen LogP contribution >= 0.6 is 0 Å². The molecule has 4 rings (SSSR count). The van der Waals surface area contributed by atoms with Crippen LogP contribution in [0.4, 0.5) is 0 Å². The Bertz CT molecular complexity index is 982. The van der Waals surface area contributed by atoms with Gasteiger partial charge in [-0.15, -0.1) is 0 Å². The lowest BCUT2D eigenvalue weighted by atomic mass is 9.91. The maximum atomic E-state index is 13.2. The van der Waals surface area contributed by atoms with E-state index in [1.165, 1.54) is 12.0 Å². The van der Waals surface area contributed by atoms with E-state index >= 15 is 0 Å². The number of piperidine rings is 1. The first kappa shape index (κ1) is 18.5. The van der Waals surface area contributed by atoms with E-state index in [1.807, 2.05) is 36.2 Å². The number of nitrogens with zero attached hydrogens (tertiary/aromatic N) is 4. The fourth-order valence-electron chi connectivity index (χ4n) is 4.09. The fourth-order valence-corrected chi connectivity index (χ4v) is 4.09. The number of carbonyl (C=O) groups is 1. The number of hydrogen-bond acceptors (Lipinski definition) is 4. The van der Waals surface area contributed by atoms with Gasteiger partial charge < -0.3 is 9.64 Å². The summed E-state index contributed by atoms with van der Waals surface area (Å²) in [5.74, 6) is 2.05. The van der Waals surface area contributed by atoms with Crippen LogP contribution in [0.2, 0.25) is 0 Å². The highest BCUT2D eigenvalue weighted by atomic mass is 16.5. The maximum absolute atomic E-state index is 13.2. The van der Waals surface area contributed by atoms with Gasteiger partial charge >= 0.3 is 0 Å². The molecular formula is C22H26N4O2.